The predicted molar refractivity (Wildman–Crippen MR) is 46.7 cm³/mol. The Balaban J connectivity index is 2.52. The number of nitrogens with two attached hydrogens (primary N) is 1. The van der Waals surface area contributed by atoms with Crippen molar-refractivity contribution in [1.82, 2.24) is 10.2 Å². The van der Waals surface area contributed by atoms with Crippen molar-refractivity contribution in [2.45, 2.75) is 25.4 Å². The van der Waals surface area contributed by atoms with Gasteiger partial charge >= 0.3 is 0 Å². The summed E-state index contributed by atoms with van der Waals surface area (Å²) >= 11 is 0. The molecule has 1 saturated heterocycles. The normalized spacial score (nSPS) is 32.8. The van der Waals surface area contributed by atoms with Gasteiger partial charge in [0, 0.05) is 12.6 Å². The van der Waals surface area contributed by atoms with Crippen molar-refractivity contribution in [3.05, 3.63) is 0 Å². The number of likely N-dealkylation sites (N-methyl/N-ethyl adjacent to an activating group) is 1. The maximum absolute atomic E-state index is 10.9. The van der Waals surface area contributed by atoms with E-state index in [9.17, 15) is 4.79 Å². The number of carbonyl (C=O) groups excluding carboxylic acids is 1. The van der Waals surface area contributed by atoms with Gasteiger partial charge in [0.2, 0.25) is 5.91 Å². The average Bonchev–Trinajstić information content (AvgIpc) is 2.11. The number of hydrogen-bond donors (Lipinski definition) is 1. The molecule has 0 saturated carbocycles. The Morgan fingerprint density at radius 1 is 1.67 bits per heavy atom. The quantitative estimate of drug-likeness (QED) is 0.558. The molecule has 2 unspecified atom stereocenters. The molecule has 69 valence electrons. The first-order chi connectivity index (χ1) is 5.59. The highest BCUT2D eigenvalue weighted by atomic mass is 16.1. The van der Waals surface area contributed by atoms with Gasteiger partial charge < -0.3 is 10.6 Å². The molecule has 1 heterocycles. The van der Waals surface area contributed by atoms with Crippen LogP contribution in [-0.2, 0) is 4.79 Å². The van der Waals surface area contributed by atoms with Gasteiger partial charge in [-0.2, -0.15) is 0 Å². The minimum Gasteiger partial charge on any atom is -0.368 e. The van der Waals surface area contributed by atoms with E-state index in [1.165, 1.54) is 0 Å². The van der Waals surface area contributed by atoms with Gasteiger partial charge in [0.25, 0.3) is 0 Å². The zero-order chi connectivity index (χ0) is 9.14. The van der Waals surface area contributed by atoms with Crippen molar-refractivity contribution in [1.29, 1.82) is 0 Å². The maximum atomic E-state index is 10.9. The molecular formula is C8H16N3O. The summed E-state index contributed by atoms with van der Waals surface area (Å²) in [5, 5.41) is 4.31. The smallest absolute Gasteiger partial charge is 0.236 e. The molecule has 0 aromatic carbocycles. The van der Waals surface area contributed by atoms with Gasteiger partial charge in [-0.25, -0.2) is 5.32 Å². The van der Waals surface area contributed by atoms with Crippen molar-refractivity contribution < 1.29 is 4.79 Å². The monoisotopic (exact) mass is 170 g/mol. The molecule has 1 amide bonds. The van der Waals surface area contributed by atoms with E-state index in [2.05, 4.69) is 10.2 Å². The zero-order valence-corrected chi connectivity index (χ0v) is 7.66. The van der Waals surface area contributed by atoms with E-state index in [1.807, 2.05) is 14.0 Å². The molecule has 0 aromatic rings. The molecule has 12 heavy (non-hydrogen) atoms. The molecule has 1 aliphatic rings. The van der Waals surface area contributed by atoms with Gasteiger partial charge in [-0.15, -0.1) is 0 Å². The summed E-state index contributed by atoms with van der Waals surface area (Å²) < 4.78 is 0. The zero-order valence-electron chi connectivity index (χ0n) is 7.66. The molecule has 1 rings (SSSR count). The number of amides is 1. The summed E-state index contributed by atoms with van der Waals surface area (Å²) in [6.45, 7) is 3.84. The third-order valence-electron chi connectivity index (χ3n) is 2.12. The third-order valence-corrected chi connectivity index (χ3v) is 2.12. The first-order valence-corrected chi connectivity index (χ1v) is 4.27. The lowest BCUT2D eigenvalue weighted by Gasteiger charge is -2.15. The topological polar surface area (TPSA) is 60.4 Å². The van der Waals surface area contributed by atoms with Crippen molar-refractivity contribution >= 4 is 5.91 Å². The van der Waals surface area contributed by atoms with Crippen LogP contribution < -0.4 is 11.1 Å². The molecule has 0 aromatic heterocycles. The highest BCUT2D eigenvalue weighted by molar-refractivity contribution is 5.79. The first-order valence-electron chi connectivity index (χ1n) is 4.27. The summed E-state index contributed by atoms with van der Waals surface area (Å²) in [5.41, 5.74) is 5.19. The Hall–Kier alpha value is -0.610. The van der Waals surface area contributed by atoms with Gasteiger partial charge in [-0.05, 0) is 26.9 Å². The Kier molecular flexibility index (Phi) is 3.05. The number of primary amides is 1. The second kappa shape index (κ2) is 3.87. The van der Waals surface area contributed by atoms with Crippen LogP contribution in [0, 0.1) is 0 Å². The van der Waals surface area contributed by atoms with Crippen LogP contribution in [0.2, 0.25) is 0 Å². The predicted octanol–water partition coefficient (Wildman–Crippen LogP) is -0.831. The van der Waals surface area contributed by atoms with Gasteiger partial charge in [-0.1, -0.05) is 0 Å². The summed E-state index contributed by atoms with van der Waals surface area (Å²) in [5.74, 6) is -0.294. The summed E-state index contributed by atoms with van der Waals surface area (Å²) in [7, 11) is 2.04. The standard InChI is InChI=1S/C8H16N3O/c1-6-5-11(2)4-3-7(10-6)8(9)12/h6-7H,3-5H2,1-2H3,(H2,9,12). The Bertz CT molecular complexity index is 172. The molecule has 4 heteroatoms. The molecule has 2 N–H and O–H groups in total. The van der Waals surface area contributed by atoms with Crippen molar-refractivity contribution in [3.63, 3.8) is 0 Å². The van der Waals surface area contributed by atoms with Gasteiger partial charge in [-0.3, -0.25) is 4.79 Å². The van der Waals surface area contributed by atoms with Gasteiger partial charge in [0.15, 0.2) is 0 Å². The van der Waals surface area contributed by atoms with Crippen molar-refractivity contribution in [2.24, 2.45) is 5.73 Å². The second-order valence-corrected chi connectivity index (χ2v) is 3.47. The van der Waals surface area contributed by atoms with Crippen LogP contribution in [0.15, 0.2) is 0 Å². The van der Waals surface area contributed by atoms with E-state index in [-0.39, 0.29) is 18.0 Å². The summed E-state index contributed by atoms with van der Waals surface area (Å²) in [6.07, 6.45) is 0.760. The van der Waals surface area contributed by atoms with E-state index in [4.69, 9.17) is 5.73 Å². The van der Waals surface area contributed by atoms with E-state index in [0.29, 0.717) is 0 Å². The fourth-order valence-corrected chi connectivity index (χ4v) is 1.53. The Morgan fingerprint density at radius 3 is 2.92 bits per heavy atom. The summed E-state index contributed by atoms with van der Waals surface area (Å²) in [6, 6.07) is -0.0556. The highest BCUT2D eigenvalue weighted by Gasteiger charge is 2.23. The fourth-order valence-electron chi connectivity index (χ4n) is 1.53. The SMILES string of the molecule is CC1CN(C)CCC(C(N)=O)[N]1. The van der Waals surface area contributed by atoms with E-state index in [0.717, 1.165) is 19.5 Å². The highest BCUT2D eigenvalue weighted by Crippen LogP contribution is 2.04. The molecule has 2 atom stereocenters. The van der Waals surface area contributed by atoms with Gasteiger partial charge in [0.1, 0.15) is 6.04 Å². The summed E-state index contributed by atoms with van der Waals surface area (Å²) in [4.78, 5) is 13.0. The number of nitrogens with zero attached hydrogens (tertiary/aromatic N) is 2. The van der Waals surface area contributed by atoms with E-state index < -0.39 is 0 Å². The van der Waals surface area contributed by atoms with Crippen LogP contribution in [0.4, 0.5) is 0 Å². The Labute approximate surface area is 73.1 Å². The maximum Gasteiger partial charge on any atom is 0.236 e. The van der Waals surface area contributed by atoms with Crippen LogP contribution in [0.1, 0.15) is 13.3 Å². The van der Waals surface area contributed by atoms with Crippen LogP contribution in [0.5, 0.6) is 0 Å². The molecular weight excluding hydrogens is 154 g/mol. The third kappa shape index (κ3) is 2.46. The lowest BCUT2D eigenvalue weighted by molar-refractivity contribution is -0.120. The number of rotatable bonds is 1. The molecule has 1 fully saturated rings. The molecule has 0 bridgehead atoms. The van der Waals surface area contributed by atoms with Gasteiger partial charge in [0.05, 0.1) is 0 Å². The lowest BCUT2D eigenvalue weighted by atomic mass is 10.2. The second-order valence-electron chi connectivity index (χ2n) is 3.47. The lowest BCUT2D eigenvalue weighted by Crippen LogP contribution is -2.40. The number of carbonyl (C=O) groups is 1. The van der Waals surface area contributed by atoms with Crippen molar-refractivity contribution in [2.75, 3.05) is 20.1 Å². The molecule has 4 nitrogen and oxygen atoms in total. The average molecular weight is 170 g/mol. The van der Waals surface area contributed by atoms with Crippen LogP contribution in [0.25, 0.3) is 0 Å². The number of hydrogen-bond acceptors (Lipinski definition) is 2. The molecule has 0 spiro atoms. The molecule has 1 aliphatic heterocycles. The van der Waals surface area contributed by atoms with E-state index in [1.54, 1.807) is 0 Å². The molecule has 1 radical (unpaired) electrons. The minimum absolute atomic E-state index is 0.218. The van der Waals surface area contributed by atoms with Crippen LogP contribution >= 0.6 is 0 Å². The van der Waals surface area contributed by atoms with Crippen LogP contribution in [0.3, 0.4) is 0 Å². The van der Waals surface area contributed by atoms with E-state index >= 15 is 0 Å². The largest absolute Gasteiger partial charge is 0.368 e. The minimum atomic E-state index is -0.294. The Morgan fingerprint density at radius 2 is 2.33 bits per heavy atom. The fraction of sp³-hybridized carbons (Fsp3) is 0.875. The first kappa shape index (κ1) is 9.48. The van der Waals surface area contributed by atoms with Crippen LogP contribution in [-0.4, -0.2) is 43.0 Å². The van der Waals surface area contributed by atoms with Crippen molar-refractivity contribution in [3.8, 4) is 0 Å². The molecule has 0 aliphatic carbocycles.